The molecule has 2 heterocycles. The number of hydrogen-bond acceptors (Lipinski definition) is 0. The predicted molar refractivity (Wildman–Crippen MR) is 264 cm³/mol. The molecule has 13 aromatic rings. The lowest BCUT2D eigenvalue weighted by molar-refractivity contribution is 1.18. The van der Waals surface area contributed by atoms with Crippen molar-refractivity contribution in [2.24, 2.45) is 0 Å². The van der Waals surface area contributed by atoms with Crippen LogP contribution in [0.2, 0.25) is 0 Å². The Balaban J connectivity index is 0.908. The second-order valence-electron chi connectivity index (χ2n) is 16.5. The monoisotopic (exact) mass is 786 g/mol. The summed E-state index contributed by atoms with van der Waals surface area (Å²) in [5.41, 5.74) is 14.4. The lowest BCUT2D eigenvalue weighted by atomic mass is 9.91. The van der Waals surface area contributed by atoms with E-state index in [9.17, 15) is 0 Å². The zero-order valence-corrected chi connectivity index (χ0v) is 33.8. The van der Waals surface area contributed by atoms with Crippen LogP contribution in [0.3, 0.4) is 0 Å². The highest BCUT2D eigenvalue weighted by Gasteiger charge is 2.17. The summed E-state index contributed by atoms with van der Waals surface area (Å²) in [7, 11) is 0. The van der Waals surface area contributed by atoms with Crippen LogP contribution < -0.4 is 0 Å². The second-order valence-corrected chi connectivity index (χ2v) is 16.5. The van der Waals surface area contributed by atoms with Gasteiger partial charge in [0.2, 0.25) is 0 Å². The molecule has 0 saturated carbocycles. The summed E-state index contributed by atoms with van der Waals surface area (Å²) in [5.74, 6) is 0. The lowest BCUT2D eigenvalue weighted by Gasteiger charge is -2.14. The summed E-state index contributed by atoms with van der Waals surface area (Å²) >= 11 is 0. The number of hydrogen-bond donors (Lipinski definition) is 0. The van der Waals surface area contributed by atoms with Crippen molar-refractivity contribution >= 4 is 75.9 Å². The van der Waals surface area contributed by atoms with E-state index in [-0.39, 0.29) is 0 Å². The zero-order valence-electron chi connectivity index (χ0n) is 33.8. The Morgan fingerprint density at radius 2 is 0.645 bits per heavy atom. The number of nitrogens with zero attached hydrogens (tertiary/aromatic N) is 2. The summed E-state index contributed by atoms with van der Waals surface area (Å²) in [6.07, 6.45) is 0. The lowest BCUT2D eigenvalue weighted by Crippen LogP contribution is -1.94. The molecule has 2 heteroatoms. The molecule has 0 aliphatic rings. The Labute approximate surface area is 358 Å². The van der Waals surface area contributed by atoms with E-state index in [1.165, 1.54) is 109 Å². The van der Waals surface area contributed by atoms with Crippen LogP contribution >= 0.6 is 0 Å². The van der Waals surface area contributed by atoms with Crippen molar-refractivity contribution in [2.45, 2.75) is 0 Å². The van der Waals surface area contributed by atoms with Crippen molar-refractivity contribution in [3.05, 3.63) is 231 Å². The summed E-state index contributed by atoms with van der Waals surface area (Å²) < 4.78 is 4.82. The molecule has 62 heavy (non-hydrogen) atoms. The topological polar surface area (TPSA) is 9.86 Å². The molecule has 2 nitrogen and oxygen atoms in total. The van der Waals surface area contributed by atoms with E-state index < -0.39 is 0 Å². The van der Waals surface area contributed by atoms with Crippen LogP contribution in [0.25, 0.3) is 121 Å². The summed E-state index contributed by atoms with van der Waals surface area (Å²) in [6.45, 7) is 0. The van der Waals surface area contributed by atoms with Gasteiger partial charge in [-0.15, -0.1) is 0 Å². The molecule has 0 bridgehead atoms. The first-order valence-electron chi connectivity index (χ1n) is 21.4. The second kappa shape index (κ2) is 13.7. The Bertz CT molecular complexity index is 3890. The van der Waals surface area contributed by atoms with Crippen molar-refractivity contribution in [1.82, 2.24) is 9.13 Å². The number of rotatable bonds is 5. The van der Waals surface area contributed by atoms with Crippen molar-refractivity contribution < 1.29 is 0 Å². The molecule has 0 radical (unpaired) electrons. The highest BCUT2D eigenvalue weighted by Crippen LogP contribution is 2.41. The molecule has 288 valence electrons. The van der Waals surface area contributed by atoms with Gasteiger partial charge < -0.3 is 9.13 Å². The van der Waals surface area contributed by atoms with Crippen LogP contribution in [0.5, 0.6) is 0 Å². The molecule has 0 aliphatic carbocycles. The fourth-order valence-electron chi connectivity index (χ4n) is 10.2. The first kappa shape index (κ1) is 34.6. The van der Waals surface area contributed by atoms with Crippen LogP contribution in [-0.2, 0) is 0 Å². The van der Waals surface area contributed by atoms with E-state index in [0.29, 0.717) is 0 Å². The summed E-state index contributed by atoms with van der Waals surface area (Å²) in [4.78, 5) is 0. The van der Waals surface area contributed by atoms with Gasteiger partial charge >= 0.3 is 0 Å². The molecule has 0 atom stereocenters. The SMILES string of the molecule is c1ccc(-c2ccc(-n3c4ccccc4c4cc(-c5ccc6c(c5)c5ccccc5n6-c5ccc(-c6cc7c8ccccc8ccc7c7ccccc67)cc5)ccc43)cc2)cc1. The average molecular weight is 787 g/mol. The number of fused-ring (bicyclic) bond motifs is 11. The van der Waals surface area contributed by atoms with Crippen LogP contribution in [0.15, 0.2) is 231 Å². The predicted octanol–water partition coefficient (Wildman–Crippen LogP) is 16.3. The minimum Gasteiger partial charge on any atom is -0.309 e. The molecule has 0 spiro atoms. The molecule has 0 unspecified atom stereocenters. The van der Waals surface area contributed by atoms with Gasteiger partial charge in [-0.05, 0) is 132 Å². The fourth-order valence-corrected chi connectivity index (χ4v) is 10.2. The minimum atomic E-state index is 1.15. The van der Waals surface area contributed by atoms with Gasteiger partial charge in [0.1, 0.15) is 0 Å². The summed E-state index contributed by atoms with van der Waals surface area (Å²) in [5, 5.41) is 12.7. The smallest absolute Gasteiger partial charge is 0.0541 e. The third-order valence-electron chi connectivity index (χ3n) is 13.1. The third-order valence-corrected chi connectivity index (χ3v) is 13.1. The van der Waals surface area contributed by atoms with Crippen molar-refractivity contribution in [3.8, 4) is 44.8 Å². The van der Waals surface area contributed by atoms with Crippen molar-refractivity contribution in [2.75, 3.05) is 0 Å². The molecule has 0 aliphatic heterocycles. The standard InChI is InChI=1S/C60H38N2/c1-2-12-39(13-3-1)40-22-29-45(30-23-40)61-57-20-10-8-18-51(57)55-36-43(27-34-59(55)61)44-28-35-60-56(37-44)52-19-9-11-21-58(52)62(60)46-31-24-42(25-32-46)53-38-54-47-15-5-4-14-41(47)26-33-50(54)48-16-6-7-17-49(48)53/h1-38H. The zero-order chi connectivity index (χ0) is 40.7. The van der Waals surface area contributed by atoms with Crippen LogP contribution in [-0.4, -0.2) is 9.13 Å². The Kier molecular flexibility index (Phi) is 7.64. The van der Waals surface area contributed by atoms with E-state index in [0.717, 1.165) is 11.4 Å². The normalized spacial score (nSPS) is 11.9. The molecule has 13 rings (SSSR count). The van der Waals surface area contributed by atoms with Crippen molar-refractivity contribution in [3.63, 3.8) is 0 Å². The molecular formula is C60H38N2. The van der Waals surface area contributed by atoms with Crippen molar-refractivity contribution in [1.29, 1.82) is 0 Å². The maximum absolute atomic E-state index is 2.42. The largest absolute Gasteiger partial charge is 0.309 e. The molecule has 2 aromatic heterocycles. The van der Waals surface area contributed by atoms with Gasteiger partial charge in [0, 0.05) is 32.9 Å². The average Bonchev–Trinajstić information content (AvgIpc) is 3.86. The highest BCUT2D eigenvalue weighted by atomic mass is 15.0. The maximum Gasteiger partial charge on any atom is 0.0541 e. The van der Waals surface area contributed by atoms with Gasteiger partial charge in [-0.2, -0.15) is 0 Å². The van der Waals surface area contributed by atoms with E-state index >= 15 is 0 Å². The number of para-hydroxylation sites is 2. The number of benzene rings is 11. The molecule has 0 fully saturated rings. The first-order chi connectivity index (χ1) is 30.7. The van der Waals surface area contributed by atoms with Gasteiger partial charge in [-0.25, -0.2) is 0 Å². The number of aromatic nitrogens is 2. The Morgan fingerprint density at radius 3 is 1.26 bits per heavy atom. The molecule has 0 saturated heterocycles. The molecular weight excluding hydrogens is 749 g/mol. The molecule has 0 N–H and O–H groups in total. The highest BCUT2D eigenvalue weighted by molar-refractivity contribution is 6.21. The van der Waals surface area contributed by atoms with Gasteiger partial charge in [-0.1, -0.05) is 164 Å². The van der Waals surface area contributed by atoms with E-state index in [1.54, 1.807) is 0 Å². The van der Waals surface area contributed by atoms with Crippen LogP contribution in [0, 0.1) is 0 Å². The Hall–Kier alpha value is -8.20. The third kappa shape index (κ3) is 5.30. The molecule has 11 aromatic carbocycles. The van der Waals surface area contributed by atoms with E-state index in [4.69, 9.17) is 0 Å². The van der Waals surface area contributed by atoms with Gasteiger partial charge in [0.25, 0.3) is 0 Å². The van der Waals surface area contributed by atoms with Gasteiger partial charge in [-0.3, -0.25) is 0 Å². The first-order valence-corrected chi connectivity index (χ1v) is 21.4. The summed E-state index contributed by atoms with van der Waals surface area (Å²) in [6, 6.07) is 84.7. The van der Waals surface area contributed by atoms with Gasteiger partial charge in [0.15, 0.2) is 0 Å². The fraction of sp³-hybridized carbons (Fsp3) is 0. The van der Waals surface area contributed by atoms with E-state index in [2.05, 4.69) is 240 Å². The van der Waals surface area contributed by atoms with Crippen LogP contribution in [0.4, 0.5) is 0 Å². The van der Waals surface area contributed by atoms with Gasteiger partial charge in [0.05, 0.1) is 22.1 Å². The van der Waals surface area contributed by atoms with Crippen LogP contribution in [0.1, 0.15) is 0 Å². The quantitative estimate of drug-likeness (QED) is 0.154. The molecule has 0 amide bonds. The van der Waals surface area contributed by atoms with E-state index in [1.807, 2.05) is 0 Å². The Morgan fingerprint density at radius 1 is 0.210 bits per heavy atom. The minimum absolute atomic E-state index is 1.15. The maximum atomic E-state index is 2.42.